The fraction of sp³-hybridized carbons (Fsp3) is 0.750. The van der Waals surface area contributed by atoms with Crippen molar-refractivity contribution in [3.05, 3.63) is 10.4 Å². The quantitative estimate of drug-likeness (QED) is 0.359. The van der Waals surface area contributed by atoms with E-state index in [1.54, 1.807) is 6.92 Å². The molecule has 0 spiro atoms. The third-order valence-electron chi connectivity index (χ3n) is 0.716. The molecule has 6 nitrogen and oxygen atoms in total. The van der Waals surface area contributed by atoms with Crippen LogP contribution in [-0.2, 0) is 4.74 Å². The summed E-state index contributed by atoms with van der Waals surface area (Å²) in [6, 6.07) is -0.363. The zero-order valence-electron chi connectivity index (χ0n) is 5.52. The number of nitrogens with two attached hydrogens (primary N) is 1. The Hall–Kier alpha value is -1.42. The zero-order valence-corrected chi connectivity index (χ0v) is 5.52. The summed E-state index contributed by atoms with van der Waals surface area (Å²) in [6.45, 7) is 1.64. The molecule has 0 aliphatic rings. The third-order valence-corrected chi connectivity index (χ3v) is 0.716. The number of hydrogen-bond acceptors (Lipinski definition) is 3. The number of nitrogens with zero attached hydrogens (tertiary/aromatic N) is 3. The summed E-state index contributed by atoms with van der Waals surface area (Å²) in [5.41, 5.74) is 12.5. The number of primary amides is 1. The van der Waals surface area contributed by atoms with E-state index in [1.165, 1.54) is 0 Å². The Balaban J connectivity index is 3.48. The van der Waals surface area contributed by atoms with E-state index in [2.05, 4.69) is 20.5 Å². The lowest BCUT2D eigenvalue weighted by molar-refractivity contribution is 0.151. The Morgan fingerprint density at radius 1 is 2.00 bits per heavy atom. The van der Waals surface area contributed by atoms with E-state index in [1.807, 2.05) is 0 Å². The molecule has 1 atom stereocenters. The van der Waals surface area contributed by atoms with Gasteiger partial charge in [0.2, 0.25) is 0 Å². The van der Waals surface area contributed by atoms with Gasteiger partial charge in [-0.2, -0.15) is 0 Å². The third kappa shape index (κ3) is 4.73. The number of azide groups is 1. The van der Waals surface area contributed by atoms with Crippen molar-refractivity contribution >= 4 is 6.09 Å². The van der Waals surface area contributed by atoms with Crippen LogP contribution in [0.4, 0.5) is 4.79 Å². The molecule has 0 aliphatic heterocycles. The summed E-state index contributed by atoms with van der Waals surface area (Å²) in [6.07, 6.45) is -0.861. The lowest BCUT2D eigenvalue weighted by atomic mass is 10.4. The highest BCUT2D eigenvalue weighted by Crippen LogP contribution is 1.89. The molecular formula is C4H8N4O2. The van der Waals surface area contributed by atoms with Crippen LogP contribution in [0.3, 0.4) is 0 Å². The van der Waals surface area contributed by atoms with Gasteiger partial charge >= 0.3 is 6.09 Å². The van der Waals surface area contributed by atoms with Crippen LogP contribution in [0, 0.1) is 0 Å². The highest BCUT2D eigenvalue weighted by atomic mass is 16.5. The first kappa shape index (κ1) is 8.58. The summed E-state index contributed by atoms with van der Waals surface area (Å²) in [5.74, 6) is 0. The minimum atomic E-state index is -0.861. The molecule has 0 fully saturated rings. The van der Waals surface area contributed by atoms with Gasteiger partial charge in [0.25, 0.3) is 0 Å². The SMILES string of the molecule is CC(COC(N)=O)N=[N+]=[N-]. The summed E-state index contributed by atoms with van der Waals surface area (Å²) in [4.78, 5) is 12.5. The number of hydrogen-bond donors (Lipinski definition) is 1. The Labute approximate surface area is 57.6 Å². The number of amides is 1. The Kier molecular flexibility index (Phi) is 3.83. The number of ether oxygens (including phenoxy) is 1. The van der Waals surface area contributed by atoms with Crippen molar-refractivity contribution in [2.75, 3.05) is 6.61 Å². The van der Waals surface area contributed by atoms with Gasteiger partial charge in [-0.05, 0) is 5.53 Å². The monoisotopic (exact) mass is 144 g/mol. The first-order valence-electron chi connectivity index (χ1n) is 2.63. The molecule has 1 amide bonds. The molecule has 0 saturated carbocycles. The van der Waals surface area contributed by atoms with Crippen LogP contribution in [0.5, 0.6) is 0 Å². The molecule has 0 heterocycles. The molecule has 0 aromatic carbocycles. The molecule has 0 radical (unpaired) electrons. The van der Waals surface area contributed by atoms with Gasteiger partial charge in [-0.3, -0.25) is 0 Å². The van der Waals surface area contributed by atoms with E-state index >= 15 is 0 Å². The van der Waals surface area contributed by atoms with Crippen molar-refractivity contribution in [1.82, 2.24) is 0 Å². The smallest absolute Gasteiger partial charge is 0.404 e. The molecule has 1 unspecified atom stereocenters. The average Bonchev–Trinajstić information content (AvgIpc) is 1.85. The standard InChI is InChI=1S/C4H8N4O2/c1-3(7-8-6)2-10-4(5)9/h3H,2H2,1H3,(H2,5,9). The molecule has 0 saturated heterocycles. The molecule has 2 N–H and O–H groups in total. The van der Waals surface area contributed by atoms with Crippen molar-refractivity contribution in [2.24, 2.45) is 10.8 Å². The maximum Gasteiger partial charge on any atom is 0.404 e. The topological polar surface area (TPSA) is 101 Å². The van der Waals surface area contributed by atoms with E-state index < -0.39 is 6.09 Å². The second-order valence-electron chi connectivity index (χ2n) is 1.68. The minimum absolute atomic E-state index is 0.0272. The van der Waals surface area contributed by atoms with E-state index in [9.17, 15) is 4.79 Å². The van der Waals surface area contributed by atoms with Crippen LogP contribution >= 0.6 is 0 Å². The molecule has 0 rings (SSSR count). The number of carbonyl (C=O) groups excluding carboxylic acids is 1. The van der Waals surface area contributed by atoms with E-state index in [4.69, 9.17) is 5.53 Å². The molecule has 56 valence electrons. The predicted octanol–water partition coefficient (Wildman–Crippen LogP) is 0.781. The van der Waals surface area contributed by atoms with Gasteiger partial charge in [-0.1, -0.05) is 12.0 Å². The van der Waals surface area contributed by atoms with Gasteiger partial charge in [0.15, 0.2) is 0 Å². The Morgan fingerprint density at radius 3 is 3.00 bits per heavy atom. The van der Waals surface area contributed by atoms with E-state index in [0.717, 1.165) is 0 Å². The zero-order chi connectivity index (χ0) is 7.98. The normalized spacial score (nSPS) is 11.3. The second-order valence-corrected chi connectivity index (χ2v) is 1.68. The van der Waals surface area contributed by atoms with Crippen molar-refractivity contribution in [1.29, 1.82) is 0 Å². The number of rotatable bonds is 3. The molecule has 0 aromatic heterocycles. The summed E-state index contributed by atoms with van der Waals surface area (Å²) in [5, 5.41) is 3.24. The first-order valence-corrected chi connectivity index (χ1v) is 2.63. The van der Waals surface area contributed by atoms with E-state index in [0.29, 0.717) is 0 Å². The van der Waals surface area contributed by atoms with Crippen LogP contribution in [-0.4, -0.2) is 18.7 Å². The minimum Gasteiger partial charge on any atom is -0.449 e. The van der Waals surface area contributed by atoms with Crippen molar-refractivity contribution < 1.29 is 9.53 Å². The van der Waals surface area contributed by atoms with Crippen LogP contribution in [0.15, 0.2) is 5.11 Å². The van der Waals surface area contributed by atoms with Crippen molar-refractivity contribution in [3.63, 3.8) is 0 Å². The highest BCUT2D eigenvalue weighted by Gasteiger charge is 1.99. The van der Waals surface area contributed by atoms with Gasteiger partial charge in [0.05, 0.1) is 6.04 Å². The predicted molar refractivity (Wildman–Crippen MR) is 34.1 cm³/mol. The Bertz CT molecular complexity index is 163. The van der Waals surface area contributed by atoms with Gasteiger partial charge in [-0.15, -0.1) is 0 Å². The van der Waals surface area contributed by atoms with Gasteiger partial charge in [0, 0.05) is 4.91 Å². The van der Waals surface area contributed by atoms with Gasteiger partial charge in [-0.25, -0.2) is 4.79 Å². The Morgan fingerprint density at radius 2 is 2.60 bits per heavy atom. The highest BCUT2D eigenvalue weighted by molar-refractivity contribution is 5.64. The fourth-order valence-corrected chi connectivity index (χ4v) is 0.324. The maximum atomic E-state index is 9.97. The van der Waals surface area contributed by atoms with Crippen LogP contribution in [0.25, 0.3) is 10.4 Å². The van der Waals surface area contributed by atoms with E-state index in [-0.39, 0.29) is 12.6 Å². The fourth-order valence-electron chi connectivity index (χ4n) is 0.324. The molecule has 0 aromatic rings. The van der Waals surface area contributed by atoms with Crippen LogP contribution in [0.1, 0.15) is 6.92 Å². The van der Waals surface area contributed by atoms with Gasteiger partial charge in [0.1, 0.15) is 6.61 Å². The van der Waals surface area contributed by atoms with Crippen LogP contribution in [0.2, 0.25) is 0 Å². The molecule has 0 bridgehead atoms. The molecule has 10 heavy (non-hydrogen) atoms. The lowest BCUT2D eigenvalue weighted by Crippen LogP contribution is -2.18. The van der Waals surface area contributed by atoms with Crippen LogP contribution < -0.4 is 5.73 Å². The van der Waals surface area contributed by atoms with Crippen molar-refractivity contribution in [3.8, 4) is 0 Å². The maximum absolute atomic E-state index is 9.97. The largest absolute Gasteiger partial charge is 0.449 e. The molecule has 6 heteroatoms. The average molecular weight is 144 g/mol. The first-order chi connectivity index (χ1) is 4.66. The van der Waals surface area contributed by atoms with Crippen molar-refractivity contribution in [2.45, 2.75) is 13.0 Å². The number of carbonyl (C=O) groups is 1. The summed E-state index contributed by atoms with van der Waals surface area (Å²) >= 11 is 0. The lowest BCUT2D eigenvalue weighted by Gasteiger charge is -2.02. The second kappa shape index (κ2) is 4.46. The summed E-state index contributed by atoms with van der Waals surface area (Å²) < 4.78 is 4.33. The van der Waals surface area contributed by atoms with Gasteiger partial charge < -0.3 is 10.5 Å². The summed E-state index contributed by atoms with van der Waals surface area (Å²) in [7, 11) is 0. The molecular weight excluding hydrogens is 136 g/mol. The molecule has 0 aliphatic carbocycles.